The Kier molecular flexibility index (Phi) is 9.50. The zero-order valence-electron chi connectivity index (χ0n) is 22.8. The smallest absolute Gasteiger partial charge is 0.310 e. The monoisotopic (exact) mass is 574 g/mol. The molecule has 0 radical (unpaired) electrons. The molecule has 212 valence electrons. The molecule has 0 saturated carbocycles. The molecule has 1 N–H and O–H groups in total. The van der Waals surface area contributed by atoms with Crippen molar-refractivity contribution in [3.63, 3.8) is 0 Å². The van der Waals surface area contributed by atoms with Gasteiger partial charge in [-0.3, -0.25) is 14.4 Å². The van der Waals surface area contributed by atoms with Crippen LogP contribution in [-0.2, 0) is 19.1 Å². The van der Waals surface area contributed by atoms with Crippen LogP contribution in [0.3, 0.4) is 0 Å². The van der Waals surface area contributed by atoms with Gasteiger partial charge in [-0.25, -0.2) is 0 Å². The molecule has 1 aromatic carbocycles. The van der Waals surface area contributed by atoms with E-state index in [-0.39, 0.29) is 42.1 Å². The number of esters is 1. The molecule has 0 aromatic heterocycles. The molecule has 7 nitrogen and oxygen atoms in total. The highest BCUT2D eigenvalue weighted by Crippen LogP contribution is 2.67. The Morgan fingerprint density at radius 3 is 2.67 bits per heavy atom. The number of halogens is 1. The summed E-state index contributed by atoms with van der Waals surface area (Å²) in [5.74, 6) is -2.28. The fourth-order valence-electron chi connectivity index (χ4n) is 6.53. The van der Waals surface area contributed by atoms with E-state index in [1.54, 1.807) is 45.8 Å². The van der Waals surface area contributed by atoms with E-state index in [1.165, 1.54) is 0 Å². The number of rotatable bonds is 13. The quantitative estimate of drug-likeness (QED) is 0.205. The van der Waals surface area contributed by atoms with Gasteiger partial charge in [0.25, 0.3) is 5.91 Å². The van der Waals surface area contributed by atoms with E-state index in [0.717, 1.165) is 25.7 Å². The van der Waals surface area contributed by atoms with Gasteiger partial charge in [0, 0.05) is 11.8 Å². The standard InChI is InChI=1S/C30H39ClN2O5S/c1-5-7-8-11-17-38-29(37)24-23-14-15-30(39-23)25(24)27(35)33(22(18-34)19(3)4)26(30)28(36)32(16-6-2)21-13-10-9-12-20(21)31/h5-6,9-10,12-13,19,22-26,34H,1-2,7-8,11,14-18H2,3-4H3/t22-,23-,24+,25-,26?,30?/m0/s1. The van der Waals surface area contributed by atoms with Crippen molar-refractivity contribution in [3.8, 4) is 0 Å². The highest BCUT2D eigenvalue weighted by Gasteiger charge is 2.75. The molecule has 3 saturated heterocycles. The minimum atomic E-state index is -0.855. The second-order valence-electron chi connectivity index (χ2n) is 10.9. The number of aliphatic hydroxyl groups excluding tert-OH is 1. The lowest BCUT2D eigenvalue weighted by atomic mass is 9.71. The van der Waals surface area contributed by atoms with Crippen LogP contribution in [0.4, 0.5) is 5.69 Å². The number of unbranched alkanes of at least 4 members (excludes halogenated alkanes) is 2. The number of benzene rings is 1. The first-order valence-electron chi connectivity index (χ1n) is 13.8. The number of para-hydroxylation sites is 1. The third-order valence-corrected chi connectivity index (χ3v) is 10.6. The molecule has 2 amide bonds. The number of allylic oxidation sites excluding steroid dienone is 1. The first-order valence-corrected chi connectivity index (χ1v) is 15.0. The van der Waals surface area contributed by atoms with Crippen LogP contribution in [-0.4, -0.2) is 69.6 Å². The van der Waals surface area contributed by atoms with Crippen molar-refractivity contribution in [2.24, 2.45) is 17.8 Å². The molecule has 2 bridgehead atoms. The summed E-state index contributed by atoms with van der Waals surface area (Å²) >= 11 is 8.11. The average Bonchev–Trinajstić information content (AvgIpc) is 3.55. The number of anilines is 1. The van der Waals surface area contributed by atoms with Crippen LogP contribution in [0.2, 0.25) is 5.02 Å². The topological polar surface area (TPSA) is 87.2 Å². The number of amides is 2. The van der Waals surface area contributed by atoms with Crippen molar-refractivity contribution >= 4 is 46.8 Å². The zero-order chi connectivity index (χ0) is 28.3. The van der Waals surface area contributed by atoms with Crippen LogP contribution < -0.4 is 4.90 Å². The predicted molar refractivity (Wildman–Crippen MR) is 156 cm³/mol. The predicted octanol–water partition coefficient (Wildman–Crippen LogP) is 4.87. The van der Waals surface area contributed by atoms with E-state index >= 15 is 0 Å². The van der Waals surface area contributed by atoms with E-state index in [0.29, 0.717) is 23.7 Å². The summed E-state index contributed by atoms with van der Waals surface area (Å²) in [4.78, 5) is 45.4. The van der Waals surface area contributed by atoms with Crippen molar-refractivity contribution in [1.82, 2.24) is 4.90 Å². The number of hydrogen-bond acceptors (Lipinski definition) is 6. The third kappa shape index (κ3) is 5.27. The van der Waals surface area contributed by atoms with Crippen molar-refractivity contribution in [2.75, 3.05) is 24.7 Å². The molecule has 9 heteroatoms. The lowest BCUT2D eigenvalue weighted by Gasteiger charge is -2.40. The normalized spacial score (nSPS) is 27.9. The summed E-state index contributed by atoms with van der Waals surface area (Å²) in [7, 11) is 0. The zero-order valence-corrected chi connectivity index (χ0v) is 24.3. The summed E-state index contributed by atoms with van der Waals surface area (Å²) < 4.78 is 4.90. The first kappa shape index (κ1) is 29.7. The van der Waals surface area contributed by atoms with Crippen LogP contribution >= 0.6 is 23.4 Å². The number of carbonyl (C=O) groups is 3. The molecule has 4 rings (SSSR count). The average molecular weight is 575 g/mol. The summed E-state index contributed by atoms with van der Waals surface area (Å²) in [6.45, 7) is 11.6. The number of fused-ring (bicyclic) bond motifs is 1. The number of nitrogens with zero attached hydrogens (tertiary/aromatic N) is 2. The summed E-state index contributed by atoms with van der Waals surface area (Å²) in [5.41, 5.74) is 0.537. The van der Waals surface area contributed by atoms with Gasteiger partial charge in [0.1, 0.15) is 6.04 Å². The van der Waals surface area contributed by atoms with Crippen LogP contribution in [0.5, 0.6) is 0 Å². The summed E-state index contributed by atoms with van der Waals surface area (Å²) in [5, 5.41) is 10.7. The number of thioether (sulfide) groups is 1. The number of ether oxygens (including phenoxy) is 1. The maximum Gasteiger partial charge on any atom is 0.310 e. The number of likely N-dealkylation sites (tertiary alicyclic amines) is 1. The first-order chi connectivity index (χ1) is 18.7. The van der Waals surface area contributed by atoms with Crippen molar-refractivity contribution in [2.45, 2.75) is 68.0 Å². The van der Waals surface area contributed by atoms with Gasteiger partial charge in [0.2, 0.25) is 5.91 Å². The largest absolute Gasteiger partial charge is 0.465 e. The second kappa shape index (κ2) is 12.5. The second-order valence-corrected chi connectivity index (χ2v) is 12.9. The van der Waals surface area contributed by atoms with E-state index < -0.39 is 28.7 Å². The van der Waals surface area contributed by atoms with Crippen LogP contribution in [0.15, 0.2) is 49.6 Å². The molecule has 1 aromatic rings. The fraction of sp³-hybridized carbons (Fsp3) is 0.567. The number of hydrogen-bond donors (Lipinski definition) is 1. The molecular weight excluding hydrogens is 536 g/mol. The Labute approximate surface area is 240 Å². The highest BCUT2D eigenvalue weighted by atomic mass is 35.5. The molecule has 3 fully saturated rings. The SMILES string of the molecule is C=CCCCCOC(=O)[C@@H]1[C@@H]2CCC3(S2)C(C(=O)N(CC=C)c2ccccc2Cl)N([C@@H](CO)C(C)C)C(=O)[C@H]13. The molecule has 2 unspecified atom stereocenters. The maximum absolute atomic E-state index is 14.6. The van der Waals surface area contributed by atoms with E-state index in [1.807, 2.05) is 26.0 Å². The van der Waals surface area contributed by atoms with Crippen molar-refractivity contribution < 1.29 is 24.2 Å². The Balaban J connectivity index is 1.73. The summed E-state index contributed by atoms with van der Waals surface area (Å²) in [6, 6.07) is 5.68. The maximum atomic E-state index is 14.6. The van der Waals surface area contributed by atoms with Crippen LogP contribution in [0, 0.1) is 17.8 Å². The third-order valence-electron chi connectivity index (χ3n) is 8.33. The van der Waals surface area contributed by atoms with Gasteiger partial charge >= 0.3 is 5.97 Å². The highest BCUT2D eigenvalue weighted by molar-refractivity contribution is 8.02. The van der Waals surface area contributed by atoms with Crippen molar-refractivity contribution in [1.29, 1.82) is 0 Å². The molecule has 6 atom stereocenters. The number of carbonyl (C=O) groups excluding carboxylic acids is 3. The van der Waals surface area contributed by atoms with Gasteiger partial charge in [0.15, 0.2) is 0 Å². The van der Waals surface area contributed by atoms with Crippen LogP contribution in [0.1, 0.15) is 46.0 Å². The van der Waals surface area contributed by atoms with Gasteiger partial charge in [-0.05, 0) is 50.2 Å². The van der Waals surface area contributed by atoms with Gasteiger partial charge in [0.05, 0.1) is 46.5 Å². The Bertz CT molecular complexity index is 1110. The molecule has 0 aliphatic carbocycles. The lowest BCUT2D eigenvalue weighted by molar-refractivity contribution is -0.154. The Morgan fingerprint density at radius 1 is 1.28 bits per heavy atom. The molecule has 1 spiro atoms. The van der Waals surface area contributed by atoms with Gasteiger partial charge in [-0.15, -0.1) is 24.9 Å². The van der Waals surface area contributed by atoms with E-state index in [4.69, 9.17) is 16.3 Å². The van der Waals surface area contributed by atoms with Crippen molar-refractivity contribution in [3.05, 3.63) is 54.6 Å². The molecule has 39 heavy (non-hydrogen) atoms. The molecule has 3 aliphatic rings. The van der Waals surface area contributed by atoms with Gasteiger partial charge in [-0.2, -0.15) is 0 Å². The van der Waals surface area contributed by atoms with Gasteiger partial charge in [-0.1, -0.05) is 49.7 Å². The Hall–Kier alpha value is -2.29. The van der Waals surface area contributed by atoms with Gasteiger partial charge < -0.3 is 19.6 Å². The fourth-order valence-corrected chi connectivity index (χ4v) is 8.95. The Morgan fingerprint density at radius 2 is 2.03 bits per heavy atom. The number of aliphatic hydroxyl groups is 1. The van der Waals surface area contributed by atoms with E-state index in [2.05, 4.69) is 13.2 Å². The van der Waals surface area contributed by atoms with Crippen LogP contribution in [0.25, 0.3) is 0 Å². The minimum Gasteiger partial charge on any atom is -0.465 e. The lowest BCUT2D eigenvalue weighted by Crippen LogP contribution is -2.58. The molecule has 3 heterocycles. The molecule has 3 aliphatic heterocycles. The van der Waals surface area contributed by atoms with E-state index in [9.17, 15) is 19.5 Å². The minimum absolute atomic E-state index is 0.0862. The molecular formula is C30H39ClN2O5S. The summed E-state index contributed by atoms with van der Waals surface area (Å²) in [6.07, 6.45) is 7.29.